The molecule has 0 spiro atoms. The van der Waals surface area contributed by atoms with Crippen LogP contribution < -0.4 is 10.0 Å². The molecular weight excluding hydrogens is 593 g/mol. The Labute approximate surface area is 249 Å². The van der Waals surface area contributed by atoms with Gasteiger partial charge in [0.25, 0.3) is 5.91 Å². The molecule has 1 aliphatic rings. The number of aryl methyl sites for hydroxylation is 1. The van der Waals surface area contributed by atoms with Gasteiger partial charge in [-0.25, -0.2) is 13.1 Å². The molecule has 7 nitrogen and oxygen atoms in total. The first kappa shape index (κ1) is 30.3. The first-order valence-corrected chi connectivity index (χ1v) is 15.5. The maximum Gasteiger partial charge on any atom is 0.253 e. The number of benzene rings is 3. The molecule has 11 heteroatoms. The topological polar surface area (TPSA) is 95.6 Å². The Hall–Kier alpha value is -2.62. The van der Waals surface area contributed by atoms with Crippen molar-refractivity contribution in [2.24, 2.45) is 5.92 Å². The van der Waals surface area contributed by atoms with E-state index in [4.69, 9.17) is 34.8 Å². The molecule has 40 heavy (non-hydrogen) atoms. The Balaban J connectivity index is 1.53. The zero-order valence-electron chi connectivity index (χ0n) is 22.1. The Morgan fingerprint density at radius 1 is 1.02 bits per heavy atom. The van der Waals surface area contributed by atoms with E-state index >= 15 is 0 Å². The van der Waals surface area contributed by atoms with Crippen LogP contribution in [0.15, 0.2) is 65.6 Å². The summed E-state index contributed by atoms with van der Waals surface area (Å²) in [6, 6.07) is 14.8. The predicted octanol–water partition coefficient (Wildman–Crippen LogP) is 6.88. The fraction of sp³-hybridized carbons (Fsp3) is 0.310. The fourth-order valence-electron chi connectivity index (χ4n) is 4.79. The molecule has 2 unspecified atom stereocenters. The number of anilines is 1. The van der Waals surface area contributed by atoms with Crippen LogP contribution in [0.2, 0.25) is 15.1 Å². The van der Waals surface area contributed by atoms with Crippen LogP contribution >= 0.6 is 34.8 Å². The van der Waals surface area contributed by atoms with Crippen molar-refractivity contribution in [1.82, 2.24) is 9.62 Å². The quantitative estimate of drug-likeness (QED) is 0.286. The van der Waals surface area contributed by atoms with Gasteiger partial charge >= 0.3 is 0 Å². The van der Waals surface area contributed by atoms with Gasteiger partial charge < -0.3 is 10.2 Å². The molecule has 4 rings (SSSR count). The second kappa shape index (κ2) is 12.9. The Kier molecular flexibility index (Phi) is 9.80. The van der Waals surface area contributed by atoms with Gasteiger partial charge in [0, 0.05) is 45.8 Å². The number of hydrogen-bond acceptors (Lipinski definition) is 4. The average Bonchev–Trinajstić information content (AvgIpc) is 2.88. The summed E-state index contributed by atoms with van der Waals surface area (Å²) in [7, 11) is -4.13. The van der Waals surface area contributed by atoms with Crippen molar-refractivity contribution >= 4 is 62.3 Å². The van der Waals surface area contributed by atoms with Gasteiger partial charge in [-0.3, -0.25) is 9.59 Å². The van der Waals surface area contributed by atoms with Gasteiger partial charge in [-0.15, -0.1) is 0 Å². The molecule has 1 saturated heterocycles. The first-order valence-electron chi connectivity index (χ1n) is 12.9. The van der Waals surface area contributed by atoms with E-state index in [1.807, 2.05) is 11.8 Å². The summed E-state index contributed by atoms with van der Waals surface area (Å²) in [5.74, 6) is 0.00215. The van der Waals surface area contributed by atoms with E-state index in [1.165, 1.54) is 18.2 Å². The number of halogens is 3. The highest BCUT2D eigenvalue weighted by atomic mass is 35.5. The first-order chi connectivity index (χ1) is 18.9. The van der Waals surface area contributed by atoms with Crippen molar-refractivity contribution in [3.05, 3.63) is 92.4 Å². The summed E-state index contributed by atoms with van der Waals surface area (Å²) < 4.78 is 29.1. The minimum absolute atomic E-state index is 0.0261. The SMILES string of the molecule is Cc1cc(C(=O)N2CCCC(C)C2)ccc1NC(=O)CC(NS(=O)(=O)c1cc(Cl)cc(Cl)c1)c1ccccc1Cl. The third kappa shape index (κ3) is 7.56. The molecule has 0 saturated carbocycles. The van der Waals surface area contributed by atoms with E-state index in [0.29, 0.717) is 33.3 Å². The van der Waals surface area contributed by atoms with Crippen molar-refractivity contribution in [3.63, 3.8) is 0 Å². The molecule has 0 aliphatic carbocycles. The number of likely N-dealkylation sites (tertiary alicyclic amines) is 1. The Morgan fingerprint density at radius 2 is 1.73 bits per heavy atom. The number of hydrogen-bond donors (Lipinski definition) is 2. The van der Waals surface area contributed by atoms with Crippen LogP contribution in [0.4, 0.5) is 5.69 Å². The summed E-state index contributed by atoms with van der Waals surface area (Å²) in [4.78, 5) is 27.9. The Morgan fingerprint density at radius 3 is 2.38 bits per heavy atom. The number of carbonyl (C=O) groups excluding carboxylic acids is 2. The molecule has 1 fully saturated rings. The van der Waals surface area contributed by atoms with Gasteiger partial charge in [0.15, 0.2) is 0 Å². The number of nitrogens with one attached hydrogen (secondary N) is 2. The van der Waals surface area contributed by atoms with Gasteiger partial charge in [0.1, 0.15) is 0 Å². The normalized spacial score (nSPS) is 16.4. The summed E-state index contributed by atoms with van der Waals surface area (Å²) in [5.41, 5.74) is 2.24. The van der Waals surface area contributed by atoms with Gasteiger partial charge in [-0.2, -0.15) is 0 Å². The van der Waals surface area contributed by atoms with Gasteiger partial charge in [0.2, 0.25) is 15.9 Å². The highest BCUT2D eigenvalue weighted by Gasteiger charge is 2.27. The lowest BCUT2D eigenvalue weighted by atomic mass is 9.99. The standard InChI is InChI=1S/C29H30Cl3N3O4S/c1-18-6-5-11-35(17-18)29(37)20-9-10-26(19(2)12-20)33-28(36)16-27(24-7-3-4-8-25(24)32)34-40(38,39)23-14-21(30)13-22(31)15-23/h3-4,7-10,12-15,18,27,34H,5-6,11,16-17H2,1-2H3,(H,33,36). The molecule has 0 bridgehead atoms. The molecule has 2 atom stereocenters. The van der Waals surface area contributed by atoms with Crippen molar-refractivity contribution < 1.29 is 18.0 Å². The number of carbonyl (C=O) groups is 2. The van der Waals surface area contributed by atoms with Crippen molar-refractivity contribution in [3.8, 4) is 0 Å². The molecule has 1 aliphatic heterocycles. The van der Waals surface area contributed by atoms with Crippen molar-refractivity contribution in [2.75, 3.05) is 18.4 Å². The Bertz CT molecular complexity index is 1510. The number of amides is 2. The largest absolute Gasteiger partial charge is 0.338 e. The zero-order valence-corrected chi connectivity index (χ0v) is 25.2. The van der Waals surface area contributed by atoms with Crippen LogP contribution in [0.5, 0.6) is 0 Å². The number of sulfonamides is 1. The lowest BCUT2D eigenvalue weighted by Crippen LogP contribution is -2.39. The molecule has 2 N–H and O–H groups in total. The lowest BCUT2D eigenvalue weighted by Gasteiger charge is -2.31. The minimum atomic E-state index is -4.13. The smallest absolute Gasteiger partial charge is 0.253 e. The van der Waals surface area contributed by atoms with Crippen LogP contribution in [0.3, 0.4) is 0 Å². The second-order valence-corrected chi connectivity index (χ2v) is 13.1. The molecule has 0 aromatic heterocycles. The molecule has 1 heterocycles. The van der Waals surface area contributed by atoms with Crippen LogP contribution in [-0.2, 0) is 14.8 Å². The number of rotatable bonds is 8. The molecule has 3 aromatic carbocycles. The van der Waals surface area contributed by atoms with Crippen LogP contribution in [0.1, 0.15) is 53.7 Å². The molecule has 212 valence electrons. The third-order valence-corrected chi connectivity index (χ3v) is 9.04. The third-order valence-electron chi connectivity index (χ3n) is 6.81. The highest BCUT2D eigenvalue weighted by molar-refractivity contribution is 7.89. The minimum Gasteiger partial charge on any atom is -0.338 e. The van der Waals surface area contributed by atoms with E-state index < -0.39 is 22.0 Å². The van der Waals surface area contributed by atoms with Crippen LogP contribution in [0, 0.1) is 12.8 Å². The highest BCUT2D eigenvalue weighted by Crippen LogP contribution is 2.29. The second-order valence-electron chi connectivity index (χ2n) is 10.1. The summed E-state index contributed by atoms with van der Waals surface area (Å²) in [5, 5.41) is 3.47. The van der Waals surface area contributed by atoms with Gasteiger partial charge in [-0.05, 0) is 79.3 Å². The van der Waals surface area contributed by atoms with Crippen LogP contribution in [0.25, 0.3) is 0 Å². The number of nitrogens with zero attached hydrogens (tertiary/aromatic N) is 1. The predicted molar refractivity (Wildman–Crippen MR) is 160 cm³/mol. The van der Waals surface area contributed by atoms with E-state index in [9.17, 15) is 18.0 Å². The van der Waals surface area contributed by atoms with E-state index in [1.54, 1.807) is 42.5 Å². The van der Waals surface area contributed by atoms with Gasteiger partial charge in [-0.1, -0.05) is 59.9 Å². The fourth-order valence-corrected chi connectivity index (χ4v) is 7.00. The van der Waals surface area contributed by atoms with E-state index in [0.717, 1.165) is 25.9 Å². The summed E-state index contributed by atoms with van der Waals surface area (Å²) >= 11 is 18.4. The van der Waals surface area contributed by atoms with Crippen molar-refractivity contribution in [1.29, 1.82) is 0 Å². The monoisotopic (exact) mass is 621 g/mol. The lowest BCUT2D eigenvalue weighted by molar-refractivity contribution is -0.116. The summed E-state index contributed by atoms with van der Waals surface area (Å²) in [6.45, 7) is 5.42. The zero-order chi connectivity index (χ0) is 29.0. The van der Waals surface area contributed by atoms with Crippen molar-refractivity contribution in [2.45, 2.75) is 44.0 Å². The van der Waals surface area contributed by atoms with E-state index in [2.05, 4.69) is 17.0 Å². The van der Waals surface area contributed by atoms with Gasteiger partial charge in [0.05, 0.1) is 10.9 Å². The molecular formula is C29H30Cl3N3O4S. The molecule has 0 radical (unpaired) electrons. The summed E-state index contributed by atoms with van der Waals surface area (Å²) in [6.07, 6.45) is 1.86. The average molecular weight is 623 g/mol. The maximum absolute atomic E-state index is 13.2. The molecule has 3 aromatic rings. The van der Waals surface area contributed by atoms with Crippen LogP contribution in [-0.4, -0.2) is 38.2 Å². The van der Waals surface area contributed by atoms with E-state index in [-0.39, 0.29) is 27.3 Å². The molecule has 2 amide bonds. The number of piperidine rings is 1. The maximum atomic E-state index is 13.2.